The maximum atomic E-state index is 13.9. The summed E-state index contributed by atoms with van der Waals surface area (Å²) in [7, 11) is 1.12. The molecule has 1 amide bonds. The van der Waals surface area contributed by atoms with Crippen LogP contribution in [0.2, 0.25) is 0 Å². The van der Waals surface area contributed by atoms with Crippen molar-refractivity contribution in [3.8, 4) is 17.0 Å². The minimum absolute atomic E-state index is 0.0433. The van der Waals surface area contributed by atoms with Gasteiger partial charge in [-0.15, -0.1) is 5.10 Å². The van der Waals surface area contributed by atoms with Crippen LogP contribution in [0.1, 0.15) is 25.0 Å². The monoisotopic (exact) mass is 563 g/mol. The van der Waals surface area contributed by atoms with Crippen molar-refractivity contribution in [2.45, 2.75) is 38.3 Å². The van der Waals surface area contributed by atoms with E-state index in [9.17, 15) is 40.6 Å². The molecule has 0 aliphatic carbocycles. The predicted molar refractivity (Wildman–Crippen MR) is 125 cm³/mol. The zero-order valence-corrected chi connectivity index (χ0v) is 20.9. The van der Waals surface area contributed by atoms with Crippen LogP contribution in [0.25, 0.3) is 11.3 Å². The summed E-state index contributed by atoms with van der Waals surface area (Å²) in [5.41, 5.74) is -5.95. The lowest BCUT2D eigenvalue weighted by Gasteiger charge is -2.37. The van der Waals surface area contributed by atoms with Gasteiger partial charge in [-0.2, -0.15) is 26.3 Å². The minimum atomic E-state index is -5.36. The molecule has 0 saturated carbocycles. The van der Waals surface area contributed by atoms with Gasteiger partial charge in [-0.3, -0.25) is 4.90 Å². The Balaban J connectivity index is 0.00000205. The second-order valence-corrected chi connectivity index (χ2v) is 8.43. The van der Waals surface area contributed by atoms with Crippen molar-refractivity contribution >= 4 is 11.8 Å². The number of amides is 1. The fraction of sp³-hybridized carbons (Fsp3) is 0.375. The normalized spacial score (nSPS) is 14.6. The lowest BCUT2D eigenvalue weighted by Crippen LogP contribution is -2.61. The van der Waals surface area contributed by atoms with Crippen molar-refractivity contribution in [3.63, 3.8) is 0 Å². The lowest BCUT2D eigenvalue weighted by molar-refractivity contribution is -0.143. The van der Waals surface area contributed by atoms with E-state index in [1.807, 2.05) is 13.8 Å². The van der Waals surface area contributed by atoms with Gasteiger partial charge in [-0.1, -0.05) is 19.1 Å². The van der Waals surface area contributed by atoms with Gasteiger partial charge in [0.05, 0.1) is 23.9 Å². The first-order chi connectivity index (χ1) is 18.2. The number of carbonyl (C=O) groups excluding carboxylic acids is 1. The van der Waals surface area contributed by atoms with Crippen molar-refractivity contribution < 1.29 is 45.4 Å². The van der Waals surface area contributed by atoms with E-state index in [0.717, 1.165) is 47.1 Å². The number of hydrogen-bond donors (Lipinski definition) is 2. The third kappa shape index (κ3) is 6.84. The predicted octanol–water partition coefficient (Wildman–Crippen LogP) is 5.12. The van der Waals surface area contributed by atoms with Gasteiger partial charge in [0.15, 0.2) is 5.75 Å². The molecule has 1 saturated heterocycles. The molecule has 1 fully saturated rings. The quantitative estimate of drug-likeness (QED) is 0.419. The highest BCUT2D eigenvalue weighted by atomic mass is 19.4. The summed E-state index contributed by atoms with van der Waals surface area (Å²) in [6.45, 7) is 4.26. The van der Waals surface area contributed by atoms with Gasteiger partial charge < -0.3 is 15.2 Å². The Bertz CT molecular complexity index is 1300. The molecule has 2 N–H and O–H groups in total. The Morgan fingerprint density at radius 3 is 2.23 bits per heavy atom. The SMILES string of the molecule is CC.CN(C(=O)Oc1c(-c2cn(CC3(O)CNC3)nn2)cc(C(F)(F)F)cc1C(F)(F)F)c1ccc(F)cc1. The maximum Gasteiger partial charge on any atom is 0.420 e. The van der Waals surface area contributed by atoms with E-state index in [1.54, 1.807) is 0 Å². The first-order valence-corrected chi connectivity index (χ1v) is 11.5. The lowest BCUT2D eigenvalue weighted by atomic mass is 9.97. The number of rotatable bonds is 5. The molecule has 0 bridgehead atoms. The van der Waals surface area contributed by atoms with Crippen LogP contribution in [0.5, 0.6) is 5.75 Å². The Labute approximate surface area is 218 Å². The highest BCUT2D eigenvalue weighted by Crippen LogP contribution is 2.45. The van der Waals surface area contributed by atoms with Crippen LogP contribution in [0.4, 0.5) is 41.2 Å². The molecule has 4 rings (SSSR count). The first kappa shape index (κ1) is 29.8. The van der Waals surface area contributed by atoms with E-state index in [0.29, 0.717) is 6.07 Å². The molecule has 0 radical (unpaired) electrons. The molecule has 2 heterocycles. The van der Waals surface area contributed by atoms with Crippen LogP contribution in [0.3, 0.4) is 0 Å². The van der Waals surface area contributed by atoms with E-state index in [4.69, 9.17) is 4.74 Å². The summed E-state index contributed by atoms with van der Waals surface area (Å²) in [6.07, 6.45) is -10.9. The number of β-amino-alcohol motifs (C(OH)–C–C–N with tert-alkyl or cyclic N) is 1. The fourth-order valence-corrected chi connectivity index (χ4v) is 3.56. The topological polar surface area (TPSA) is 92.5 Å². The summed E-state index contributed by atoms with van der Waals surface area (Å²) in [4.78, 5) is 13.5. The minimum Gasteiger partial charge on any atom is -0.409 e. The molecule has 1 aliphatic heterocycles. The number of halogens is 7. The van der Waals surface area contributed by atoms with Crippen molar-refractivity contribution in [3.05, 3.63) is 59.5 Å². The highest BCUT2D eigenvalue weighted by Gasteiger charge is 2.42. The van der Waals surface area contributed by atoms with Gasteiger partial charge in [0.1, 0.15) is 17.1 Å². The second kappa shape index (κ2) is 11.2. The third-order valence-corrected chi connectivity index (χ3v) is 5.58. The van der Waals surface area contributed by atoms with E-state index < -0.39 is 58.0 Å². The van der Waals surface area contributed by atoms with Crippen LogP contribution in [0, 0.1) is 5.82 Å². The van der Waals surface area contributed by atoms with Crippen molar-refractivity contribution in [1.29, 1.82) is 0 Å². The zero-order valence-electron chi connectivity index (χ0n) is 20.9. The number of hydrogen-bond acceptors (Lipinski definition) is 6. The third-order valence-electron chi connectivity index (χ3n) is 5.58. The van der Waals surface area contributed by atoms with Gasteiger partial charge in [-0.05, 0) is 36.4 Å². The van der Waals surface area contributed by atoms with Gasteiger partial charge in [0, 0.05) is 31.4 Å². The molecule has 1 aliphatic rings. The smallest absolute Gasteiger partial charge is 0.409 e. The summed E-state index contributed by atoms with van der Waals surface area (Å²) in [5.74, 6) is -1.86. The van der Waals surface area contributed by atoms with Gasteiger partial charge in [0.25, 0.3) is 0 Å². The molecule has 3 aromatic rings. The molecule has 2 aromatic carbocycles. The van der Waals surface area contributed by atoms with Crippen molar-refractivity contribution in [1.82, 2.24) is 20.3 Å². The van der Waals surface area contributed by atoms with Crippen LogP contribution in [0.15, 0.2) is 42.6 Å². The number of alkyl halides is 6. The van der Waals surface area contributed by atoms with E-state index in [2.05, 4.69) is 15.6 Å². The number of ether oxygens (including phenoxy) is 1. The van der Waals surface area contributed by atoms with Gasteiger partial charge >= 0.3 is 18.4 Å². The highest BCUT2D eigenvalue weighted by molar-refractivity contribution is 5.90. The Hall–Kier alpha value is -3.72. The standard InChI is InChI=1S/C22H18F7N5O3.C2H6/c1-33(14-4-2-13(23)3-5-14)19(35)37-18-15(6-12(21(24,25)26)7-16(18)22(27,28)29)17-8-34(32-31-17)11-20(36)9-30-10-20;1-2/h2-8,30,36H,9-11H2,1H3;1-2H3. The fourth-order valence-electron chi connectivity index (χ4n) is 3.56. The molecule has 39 heavy (non-hydrogen) atoms. The Morgan fingerprint density at radius 1 is 1.10 bits per heavy atom. The Morgan fingerprint density at radius 2 is 1.72 bits per heavy atom. The molecular formula is C24H24F7N5O3. The van der Waals surface area contributed by atoms with Gasteiger partial charge in [-0.25, -0.2) is 13.9 Å². The molecule has 8 nitrogen and oxygen atoms in total. The molecule has 1 aromatic heterocycles. The summed E-state index contributed by atoms with van der Waals surface area (Å²) >= 11 is 0. The van der Waals surface area contributed by atoms with Crippen molar-refractivity contribution in [2.75, 3.05) is 25.0 Å². The molecular weight excluding hydrogens is 539 g/mol. The van der Waals surface area contributed by atoms with Crippen molar-refractivity contribution in [2.24, 2.45) is 0 Å². The molecule has 15 heteroatoms. The van der Waals surface area contributed by atoms with Crippen LogP contribution in [-0.2, 0) is 18.9 Å². The second-order valence-electron chi connectivity index (χ2n) is 8.43. The summed E-state index contributed by atoms with van der Waals surface area (Å²) < 4.78 is 102. The van der Waals surface area contributed by atoms with Crippen LogP contribution < -0.4 is 15.0 Å². The molecule has 0 atom stereocenters. The maximum absolute atomic E-state index is 13.9. The Kier molecular flexibility index (Phi) is 8.55. The largest absolute Gasteiger partial charge is 0.420 e. The molecule has 0 spiro atoms. The van der Waals surface area contributed by atoms with Crippen LogP contribution in [-0.4, -0.2) is 51.9 Å². The summed E-state index contributed by atoms with van der Waals surface area (Å²) in [5, 5.41) is 20.4. The molecule has 212 valence electrons. The molecule has 0 unspecified atom stereocenters. The number of anilines is 1. The number of aliphatic hydroxyl groups is 1. The van der Waals surface area contributed by atoms with Crippen LogP contribution >= 0.6 is 0 Å². The number of nitrogens with zero attached hydrogens (tertiary/aromatic N) is 4. The first-order valence-electron chi connectivity index (χ1n) is 11.5. The van der Waals surface area contributed by atoms with E-state index in [1.165, 1.54) is 0 Å². The average Bonchev–Trinajstić information content (AvgIpc) is 3.31. The number of aromatic nitrogens is 3. The number of nitrogens with one attached hydrogen (secondary N) is 1. The number of carbonyl (C=O) groups is 1. The van der Waals surface area contributed by atoms with E-state index in [-0.39, 0.29) is 31.4 Å². The van der Waals surface area contributed by atoms with E-state index >= 15 is 0 Å². The zero-order chi connectivity index (χ0) is 29.2. The summed E-state index contributed by atoms with van der Waals surface area (Å²) in [6, 6.07) is 4.49. The van der Waals surface area contributed by atoms with Gasteiger partial charge in [0.2, 0.25) is 0 Å². The number of benzene rings is 2. The average molecular weight is 563 g/mol.